The second-order valence-electron chi connectivity index (χ2n) is 7.37. The van der Waals surface area contributed by atoms with E-state index in [0.29, 0.717) is 30.3 Å². The van der Waals surface area contributed by atoms with Gasteiger partial charge in [-0.2, -0.15) is 19.7 Å². The molecule has 0 bridgehead atoms. The first kappa shape index (κ1) is 20.8. The third-order valence-corrected chi connectivity index (χ3v) is 6.62. The molecule has 1 aromatic rings. The molecule has 3 heterocycles. The van der Waals surface area contributed by atoms with Crippen LogP contribution in [0.1, 0.15) is 23.2 Å². The summed E-state index contributed by atoms with van der Waals surface area (Å²) < 4.78 is 36.2. The van der Waals surface area contributed by atoms with Crippen LogP contribution in [0.15, 0.2) is 31.9 Å². The second kappa shape index (κ2) is 7.67. The van der Waals surface area contributed by atoms with Crippen molar-refractivity contribution in [3.05, 3.63) is 34.2 Å². The SMILES string of the molecule is COc1c(C)cnc(CN2N=C3CC(NS(C)(=O)=O)C4=C3C(=N2)C(N)=NSC4)c1C. The summed E-state index contributed by atoms with van der Waals surface area (Å²) in [5.74, 6) is 1.61. The van der Waals surface area contributed by atoms with E-state index in [2.05, 4.69) is 24.3 Å². The molecule has 0 saturated heterocycles. The van der Waals surface area contributed by atoms with Gasteiger partial charge in [-0.1, -0.05) is 0 Å². The van der Waals surface area contributed by atoms with E-state index < -0.39 is 10.0 Å². The topological polar surface area (TPSA) is 135 Å². The van der Waals surface area contributed by atoms with Gasteiger partial charge in [-0.25, -0.2) is 13.1 Å². The van der Waals surface area contributed by atoms with Gasteiger partial charge in [0.1, 0.15) is 18.0 Å². The Hall–Kier alpha value is -2.44. The number of nitrogens with zero attached hydrogens (tertiary/aromatic N) is 5. The van der Waals surface area contributed by atoms with Crippen molar-refractivity contribution in [2.45, 2.75) is 32.9 Å². The first-order valence-corrected chi connectivity index (χ1v) is 12.1. The second-order valence-corrected chi connectivity index (χ2v) is 9.88. The Morgan fingerprint density at radius 2 is 2.13 bits per heavy atom. The van der Waals surface area contributed by atoms with Gasteiger partial charge < -0.3 is 10.5 Å². The van der Waals surface area contributed by atoms with Crippen LogP contribution in [-0.4, -0.2) is 60.9 Å². The normalized spacial score (nSPS) is 21.0. The number of pyridine rings is 1. The number of aromatic nitrogens is 1. The van der Waals surface area contributed by atoms with Crippen molar-refractivity contribution in [1.82, 2.24) is 14.8 Å². The van der Waals surface area contributed by atoms with E-state index in [1.165, 1.54) is 17.1 Å². The molecule has 1 unspecified atom stereocenters. The number of nitrogens with one attached hydrogen (secondary N) is 1. The maximum atomic E-state index is 11.8. The highest BCUT2D eigenvalue weighted by atomic mass is 32.2. The summed E-state index contributed by atoms with van der Waals surface area (Å²) in [5, 5.41) is 10.8. The van der Waals surface area contributed by atoms with Crippen LogP contribution >= 0.6 is 11.9 Å². The van der Waals surface area contributed by atoms with Crippen molar-refractivity contribution in [3.8, 4) is 5.75 Å². The predicted molar refractivity (Wildman–Crippen MR) is 118 cm³/mol. The molecule has 0 spiro atoms. The average molecular weight is 450 g/mol. The summed E-state index contributed by atoms with van der Waals surface area (Å²) in [6.07, 6.45) is 3.34. The lowest BCUT2D eigenvalue weighted by atomic mass is 10.0. The Morgan fingerprint density at radius 1 is 1.37 bits per heavy atom. The summed E-state index contributed by atoms with van der Waals surface area (Å²) in [4.78, 5) is 4.52. The lowest BCUT2D eigenvalue weighted by Crippen LogP contribution is -2.35. The quantitative estimate of drug-likeness (QED) is 0.637. The van der Waals surface area contributed by atoms with E-state index in [9.17, 15) is 8.42 Å². The molecule has 1 atom stereocenters. The van der Waals surface area contributed by atoms with Gasteiger partial charge in [0.25, 0.3) is 0 Å². The zero-order valence-electron chi connectivity index (χ0n) is 17.1. The number of aryl methyl sites for hydroxylation is 1. The van der Waals surface area contributed by atoms with Gasteiger partial charge >= 0.3 is 0 Å². The summed E-state index contributed by atoms with van der Waals surface area (Å²) in [6, 6.07) is -0.383. The molecule has 4 rings (SSSR count). The van der Waals surface area contributed by atoms with Gasteiger partial charge in [0, 0.05) is 35.1 Å². The molecule has 12 heteroatoms. The molecule has 160 valence electrons. The zero-order chi connectivity index (χ0) is 21.6. The van der Waals surface area contributed by atoms with Crippen LogP contribution in [0.4, 0.5) is 0 Å². The van der Waals surface area contributed by atoms with Crippen molar-refractivity contribution >= 4 is 39.2 Å². The minimum atomic E-state index is -3.39. The van der Waals surface area contributed by atoms with Crippen molar-refractivity contribution in [3.63, 3.8) is 0 Å². The number of rotatable bonds is 5. The molecule has 3 N–H and O–H groups in total. The largest absolute Gasteiger partial charge is 0.496 e. The lowest BCUT2D eigenvalue weighted by molar-refractivity contribution is 0.288. The van der Waals surface area contributed by atoms with Gasteiger partial charge in [0.15, 0.2) is 5.84 Å². The minimum absolute atomic E-state index is 0.300. The van der Waals surface area contributed by atoms with Gasteiger partial charge in [-0.05, 0) is 31.4 Å². The smallest absolute Gasteiger partial charge is 0.209 e. The zero-order valence-corrected chi connectivity index (χ0v) is 18.8. The van der Waals surface area contributed by atoms with Gasteiger partial charge in [0.2, 0.25) is 10.0 Å². The van der Waals surface area contributed by atoms with E-state index in [4.69, 9.17) is 10.5 Å². The Bertz CT molecular complexity index is 1140. The van der Waals surface area contributed by atoms with E-state index in [1.807, 2.05) is 13.8 Å². The Morgan fingerprint density at radius 3 is 2.83 bits per heavy atom. The molecular weight excluding hydrogens is 426 g/mol. The lowest BCUT2D eigenvalue weighted by Gasteiger charge is -2.23. The summed E-state index contributed by atoms with van der Waals surface area (Å²) in [7, 11) is -1.75. The van der Waals surface area contributed by atoms with Crippen LogP contribution in [0.2, 0.25) is 0 Å². The highest BCUT2D eigenvalue weighted by Gasteiger charge is 2.39. The summed E-state index contributed by atoms with van der Waals surface area (Å²) in [6.45, 7) is 4.21. The maximum absolute atomic E-state index is 11.8. The fourth-order valence-electron chi connectivity index (χ4n) is 3.86. The molecule has 10 nitrogen and oxygen atoms in total. The van der Waals surface area contributed by atoms with Crippen LogP contribution in [0.25, 0.3) is 0 Å². The monoisotopic (exact) mass is 449 g/mol. The van der Waals surface area contributed by atoms with Crippen LogP contribution in [0.3, 0.4) is 0 Å². The van der Waals surface area contributed by atoms with E-state index in [-0.39, 0.29) is 6.04 Å². The third kappa shape index (κ3) is 3.82. The van der Waals surface area contributed by atoms with Gasteiger partial charge in [-0.15, -0.1) is 0 Å². The van der Waals surface area contributed by atoms with Crippen molar-refractivity contribution < 1.29 is 13.2 Å². The molecule has 0 aromatic carbocycles. The minimum Gasteiger partial charge on any atom is -0.496 e. The molecule has 3 aliphatic rings. The van der Waals surface area contributed by atoms with E-state index >= 15 is 0 Å². The number of methoxy groups -OCH3 is 1. The van der Waals surface area contributed by atoms with Gasteiger partial charge in [-0.3, -0.25) is 4.98 Å². The number of hydrogen-bond donors (Lipinski definition) is 2. The standard InChI is InChI=1S/C18H23N7O3S2/c1-9-6-20-14(10(2)17(9)28-3)7-25-21-13-5-12(24-30(4,26)27)11-8-29-23-18(19)16(22-25)15(11)13/h6,12,24H,5,7-8H2,1-4H3,(H2,19,23). The summed E-state index contributed by atoms with van der Waals surface area (Å²) >= 11 is 1.28. The Kier molecular flexibility index (Phi) is 5.32. The summed E-state index contributed by atoms with van der Waals surface area (Å²) in [5.41, 5.74) is 11.8. The van der Waals surface area contributed by atoms with Crippen LogP contribution in [0, 0.1) is 13.8 Å². The fourth-order valence-corrected chi connectivity index (χ4v) is 5.38. The number of hydrogen-bond acceptors (Lipinski definition) is 10. The number of sulfonamides is 1. The van der Waals surface area contributed by atoms with Crippen molar-refractivity contribution in [1.29, 1.82) is 0 Å². The molecule has 0 fully saturated rings. The van der Waals surface area contributed by atoms with Crippen LogP contribution < -0.4 is 15.2 Å². The first-order chi connectivity index (χ1) is 14.2. The molecule has 0 amide bonds. The highest BCUT2D eigenvalue weighted by Crippen LogP contribution is 2.35. The number of hydrazone groups is 2. The van der Waals surface area contributed by atoms with Crippen LogP contribution in [-0.2, 0) is 16.6 Å². The van der Waals surface area contributed by atoms with E-state index in [0.717, 1.165) is 45.7 Å². The van der Waals surface area contributed by atoms with Gasteiger partial charge in [0.05, 0.1) is 30.8 Å². The predicted octanol–water partition coefficient (Wildman–Crippen LogP) is 0.872. The number of nitrogens with two attached hydrogens (primary N) is 1. The molecule has 2 aliphatic heterocycles. The molecule has 1 aromatic heterocycles. The van der Waals surface area contributed by atoms with Crippen LogP contribution in [0.5, 0.6) is 5.75 Å². The Labute approximate surface area is 179 Å². The maximum Gasteiger partial charge on any atom is 0.209 e. The fraction of sp³-hybridized carbons (Fsp3) is 0.444. The van der Waals surface area contributed by atoms with Crippen molar-refractivity contribution in [2.24, 2.45) is 20.3 Å². The molecule has 0 saturated carbocycles. The molecule has 1 aliphatic carbocycles. The molecule has 30 heavy (non-hydrogen) atoms. The van der Waals surface area contributed by atoms with Crippen molar-refractivity contribution in [2.75, 3.05) is 19.1 Å². The average Bonchev–Trinajstić information content (AvgIpc) is 2.88. The molecular formula is C18H23N7O3S2. The van der Waals surface area contributed by atoms with E-state index in [1.54, 1.807) is 13.3 Å². The first-order valence-electron chi connectivity index (χ1n) is 9.27. The third-order valence-electron chi connectivity index (χ3n) is 5.14. The number of ether oxygens (including phenoxy) is 1. The highest BCUT2D eigenvalue weighted by molar-refractivity contribution is 7.98. The number of amidine groups is 1. The molecule has 0 radical (unpaired) electrons. The Balaban J connectivity index is 1.72.